The lowest BCUT2D eigenvalue weighted by Crippen LogP contribution is -2.48. The minimum atomic E-state index is -0.861. The maximum atomic E-state index is 12.2. The zero-order valence-corrected chi connectivity index (χ0v) is 12.0. The Kier molecular flexibility index (Phi) is 7.32. The molecule has 7 nitrogen and oxygen atoms in total. The fourth-order valence-electron chi connectivity index (χ4n) is 2.24. The van der Waals surface area contributed by atoms with Crippen molar-refractivity contribution in [2.24, 2.45) is 0 Å². The SMILES string of the molecule is CCN(CCO)C(=O)N1CCC(OCCC(=O)O)CC1. The number of carboxylic acids is 1. The van der Waals surface area contributed by atoms with E-state index in [1.807, 2.05) is 6.92 Å². The van der Waals surface area contributed by atoms with E-state index >= 15 is 0 Å². The topological polar surface area (TPSA) is 90.3 Å². The van der Waals surface area contributed by atoms with Crippen molar-refractivity contribution in [3.63, 3.8) is 0 Å². The van der Waals surface area contributed by atoms with Crippen molar-refractivity contribution >= 4 is 12.0 Å². The third-order valence-corrected chi connectivity index (χ3v) is 3.40. The summed E-state index contributed by atoms with van der Waals surface area (Å²) in [5, 5.41) is 17.5. The quantitative estimate of drug-likeness (QED) is 0.706. The average Bonchev–Trinajstić information content (AvgIpc) is 2.44. The number of aliphatic hydroxyl groups is 1. The van der Waals surface area contributed by atoms with Crippen LogP contribution in [0.15, 0.2) is 0 Å². The van der Waals surface area contributed by atoms with Crippen LogP contribution >= 0.6 is 0 Å². The summed E-state index contributed by atoms with van der Waals surface area (Å²) in [5.74, 6) is -0.861. The van der Waals surface area contributed by atoms with Crippen LogP contribution in [0, 0.1) is 0 Å². The van der Waals surface area contributed by atoms with Gasteiger partial charge < -0.3 is 24.7 Å². The summed E-state index contributed by atoms with van der Waals surface area (Å²) in [6.07, 6.45) is 1.50. The van der Waals surface area contributed by atoms with Gasteiger partial charge in [0.25, 0.3) is 0 Å². The van der Waals surface area contributed by atoms with Gasteiger partial charge in [0.15, 0.2) is 0 Å². The Morgan fingerprint density at radius 1 is 1.35 bits per heavy atom. The Balaban J connectivity index is 2.30. The van der Waals surface area contributed by atoms with Gasteiger partial charge in [-0.15, -0.1) is 0 Å². The molecule has 0 atom stereocenters. The van der Waals surface area contributed by atoms with Gasteiger partial charge in [-0.2, -0.15) is 0 Å². The number of carbonyl (C=O) groups is 2. The minimum absolute atomic E-state index is 0.0132. The van der Waals surface area contributed by atoms with Crippen LogP contribution in [0.2, 0.25) is 0 Å². The third-order valence-electron chi connectivity index (χ3n) is 3.40. The minimum Gasteiger partial charge on any atom is -0.481 e. The molecule has 1 fully saturated rings. The number of nitrogens with zero attached hydrogens (tertiary/aromatic N) is 2. The van der Waals surface area contributed by atoms with Crippen LogP contribution in [0.4, 0.5) is 4.79 Å². The highest BCUT2D eigenvalue weighted by Gasteiger charge is 2.25. The largest absolute Gasteiger partial charge is 0.481 e. The normalized spacial score (nSPS) is 16.2. The fraction of sp³-hybridized carbons (Fsp3) is 0.846. The number of likely N-dealkylation sites (tertiary alicyclic amines) is 1. The molecule has 0 saturated carbocycles. The molecule has 0 bridgehead atoms. The molecule has 1 aliphatic rings. The summed E-state index contributed by atoms with van der Waals surface area (Å²) >= 11 is 0. The number of amides is 2. The summed E-state index contributed by atoms with van der Waals surface area (Å²) in [5.41, 5.74) is 0. The van der Waals surface area contributed by atoms with E-state index in [0.29, 0.717) is 26.2 Å². The van der Waals surface area contributed by atoms with Crippen molar-refractivity contribution in [3.8, 4) is 0 Å². The Labute approximate surface area is 119 Å². The summed E-state index contributed by atoms with van der Waals surface area (Å²) in [6.45, 7) is 4.22. The number of hydrogen-bond donors (Lipinski definition) is 2. The lowest BCUT2D eigenvalue weighted by Gasteiger charge is -2.35. The van der Waals surface area contributed by atoms with Gasteiger partial charge >= 0.3 is 12.0 Å². The number of piperidine rings is 1. The average molecular weight is 288 g/mol. The van der Waals surface area contributed by atoms with Crippen LogP contribution < -0.4 is 0 Å². The molecular weight excluding hydrogens is 264 g/mol. The second-order valence-corrected chi connectivity index (χ2v) is 4.79. The second-order valence-electron chi connectivity index (χ2n) is 4.79. The number of carbonyl (C=O) groups excluding carboxylic acids is 1. The van der Waals surface area contributed by atoms with Crippen molar-refractivity contribution in [1.82, 2.24) is 9.80 Å². The van der Waals surface area contributed by atoms with Crippen molar-refractivity contribution in [2.75, 3.05) is 39.4 Å². The maximum Gasteiger partial charge on any atom is 0.320 e. The first-order valence-corrected chi connectivity index (χ1v) is 7.06. The van der Waals surface area contributed by atoms with Gasteiger partial charge in [0.2, 0.25) is 0 Å². The van der Waals surface area contributed by atoms with Crippen molar-refractivity contribution in [1.29, 1.82) is 0 Å². The van der Waals surface area contributed by atoms with Gasteiger partial charge in [0.1, 0.15) is 0 Å². The summed E-state index contributed by atoms with van der Waals surface area (Å²) < 4.78 is 5.48. The number of aliphatic hydroxyl groups excluding tert-OH is 1. The lowest BCUT2D eigenvalue weighted by molar-refractivity contribution is -0.138. The predicted molar refractivity (Wildman–Crippen MR) is 72.5 cm³/mol. The molecule has 116 valence electrons. The Bertz CT molecular complexity index is 316. The van der Waals surface area contributed by atoms with Crippen LogP contribution in [-0.4, -0.2) is 77.5 Å². The maximum absolute atomic E-state index is 12.2. The van der Waals surface area contributed by atoms with Crippen molar-refractivity contribution in [2.45, 2.75) is 32.3 Å². The van der Waals surface area contributed by atoms with Gasteiger partial charge in [-0.3, -0.25) is 4.79 Å². The molecule has 0 aromatic rings. The first kappa shape index (κ1) is 16.7. The van der Waals surface area contributed by atoms with Crippen LogP contribution in [0.1, 0.15) is 26.2 Å². The van der Waals surface area contributed by atoms with Gasteiger partial charge in [-0.25, -0.2) is 4.79 Å². The highest BCUT2D eigenvalue weighted by Crippen LogP contribution is 2.15. The van der Waals surface area contributed by atoms with E-state index in [2.05, 4.69) is 0 Å². The molecule has 1 saturated heterocycles. The van der Waals surface area contributed by atoms with Gasteiger partial charge in [-0.05, 0) is 19.8 Å². The van der Waals surface area contributed by atoms with Crippen LogP contribution in [-0.2, 0) is 9.53 Å². The molecule has 7 heteroatoms. The van der Waals surface area contributed by atoms with Crippen LogP contribution in [0.25, 0.3) is 0 Å². The van der Waals surface area contributed by atoms with Crippen molar-refractivity contribution in [3.05, 3.63) is 0 Å². The Morgan fingerprint density at radius 3 is 2.50 bits per heavy atom. The molecule has 0 aliphatic carbocycles. The number of rotatable bonds is 7. The molecule has 20 heavy (non-hydrogen) atoms. The highest BCUT2D eigenvalue weighted by atomic mass is 16.5. The van der Waals surface area contributed by atoms with E-state index in [9.17, 15) is 9.59 Å². The smallest absolute Gasteiger partial charge is 0.320 e. The van der Waals surface area contributed by atoms with Crippen molar-refractivity contribution < 1.29 is 24.5 Å². The molecule has 1 heterocycles. The second kappa shape index (κ2) is 8.76. The number of urea groups is 1. The molecule has 2 N–H and O–H groups in total. The summed E-state index contributed by atoms with van der Waals surface area (Å²) in [6, 6.07) is -0.0504. The highest BCUT2D eigenvalue weighted by molar-refractivity contribution is 5.74. The Morgan fingerprint density at radius 2 is 2.00 bits per heavy atom. The van der Waals surface area contributed by atoms with Crippen LogP contribution in [0.5, 0.6) is 0 Å². The standard InChI is InChI=1S/C13H24N2O5/c1-2-14(8-9-16)13(19)15-6-3-11(4-7-15)20-10-5-12(17)18/h11,16H,2-10H2,1H3,(H,17,18). The molecule has 0 spiro atoms. The molecule has 0 unspecified atom stereocenters. The number of carboxylic acid groups (broad SMARTS) is 1. The van der Waals surface area contributed by atoms with E-state index in [0.717, 1.165) is 12.8 Å². The summed E-state index contributed by atoms with van der Waals surface area (Å²) in [4.78, 5) is 25.9. The summed E-state index contributed by atoms with van der Waals surface area (Å²) in [7, 11) is 0. The van der Waals surface area contributed by atoms with Gasteiger partial charge in [-0.1, -0.05) is 0 Å². The first-order chi connectivity index (χ1) is 9.58. The Hall–Kier alpha value is -1.34. The van der Waals surface area contributed by atoms with Gasteiger partial charge in [0.05, 0.1) is 25.7 Å². The number of ether oxygens (including phenoxy) is 1. The first-order valence-electron chi connectivity index (χ1n) is 7.06. The molecule has 1 rings (SSSR count). The molecule has 0 aromatic heterocycles. The number of likely N-dealkylation sites (N-methyl/N-ethyl adjacent to an activating group) is 1. The van der Waals surface area contributed by atoms with Crippen LogP contribution in [0.3, 0.4) is 0 Å². The lowest BCUT2D eigenvalue weighted by atomic mass is 10.1. The fourth-order valence-corrected chi connectivity index (χ4v) is 2.24. The molecule has 0 radical (unpaired) electrons. The zero-order chi connectivity index (χ0) is 15.0. The number of aliphatic carboxylic acids is 1. The molecule has 0 aromatic carbocycles. The van der Waals surface area contributed by atoms with E-state index in [4.69, 9.17) is 14.9 Å². The van der Waals surface area contributed by atoms with Gasteiger partial charge in [0, 0.05) is 26.2 Å². The van der Waals surface area contributed by atoms with E-state index in [-0.39, 0.29) is 31.8 Å². The number of hydrogen-bond acceptors (Lipinski definition) is 4. The monoisotopic (exact) mass is 288 g/mol. The molecule has 1 aliphatic heterocycles. The zero-order valence-electron chi connectivity index (χ0n) is 12.0. The predicted octanol–water partition coefficient (Wildman–Crippen LogP) is 0.376. The third kappa shape index (κ3) is 5.34. The van der Waals surface area contributed by atoms with E-state index in [1.54, 1.807) is 9.80 Å². The molecular formula is C13H24N2O5. The van der Waals surface area contributed by atoms with E-state index < -0.39 is 5.97 Å². The molecule has 2 amide bonds. The van der Waals surface area contributed by atoms with E-state index in [1.165, 1.54) is 0 Å².